The molecule has 0 atom stereocenters. The van der Waals surface area contributed by atoms with E-state index < -0.39 is 11.6 Å². The van der Waals surface area contributed by atoms with Gasteiger partial charge in [-0.3, -0.25) is 9.59 Å². The Morgan fingerprint density at radius 2 is 2.08 bits per heavy atom. The number of aryl methyl sites for hydroxylation is 1. The van der Waals surface area contributed by atoms with Gasteiger partial charge in [-0.25, -0.2) is 8.78 Å². The summed E-state index contributed by atoms with van der Waals surface area (Å²) in [5, 5.41) is 6.23. The molecule has 1 aromatic heterocycles. The van der Waals surface area contributed by atoms with E-state index in [1.54, 1.807) is 6.92 Å². The molecule has 1 N–H and O–H groups in total. The Morgan fingerprint density at radius 1 is 1.33 bits per heavy atom. The van der Waals surface area contributed by atoms with Gasteiger partial charge < -0.3 is 14.7 Å². The van der Waals surface area contributed by atoms with Crippen molar-refractivity contribution in [2.24, 2.45) is 5.92 Å². The lowest BCUT2D eigenvalue weighted by atomic mass is 9.98. The third-order valence-corrected chi connectivity index (χ3v) is 3.85. The zero-order valence-electron chi connectivity index (χ0n) is 12.9. The molecule has 0 aliphatic carbocycles. The number of benzene rings is 1. The lowest BCUT2D eigenvalue weighted by Gasteiger charge is -2.37. The van der Waals surface area contributed by atoms with E-state index in [9.17, 15) is 18.4 Å². The summed E-state index contributed by atoms with van der Waals surface area (Å²) in [4.78, 5) is 25.5. The van der Waals surface area contributed by atoms with Gasteiger partial charge in [0.2, 0.25) is 5.91 Å². The molecule has 2 amide bonds. The number of rotatable bonds is 4. The first-order chi connectivity index (χ1) is 11.4. The summed E-state index contributed by atoms with van der Waals surface area (Å²) in [7, 11) is 0. The molecule has 0 radical (unpaired) electrons. The average molecular weight is 335 g/mol. The van der Waals surface area contributed by atoms with E-state index in [4.69, 9.17) is 4.52 Å². The van der Waals surface area contributed by atoms with Crippen molar-refractivity contribution in [3.05, 3.63) is 52.9 Å². The number of carbonyl (C=O) groups excluding carboxylic acids is 2. The maximum absolute atomic E-state index is 13.5. The van der Waals surface area contributed by atoms with Crippen molar-refractivity contribution in [2.75, 3.05) is 13.1 Å². The number of hydrogen-bond donors (Lipinski definition) is 1. The fourth-order valence-corrected chi connectivity index (χ4v) is 2.43. The van der Waals surface area contributed by atoms with Gasteiger partial charge in [0, 0.05) is 37.3 Å². The highest BCUT2D eigenvalue weighted by molar-refractivity contribution is 5.94. The van der Waals surface area contributed by atoms with Crippen molar-refractivity contribution in [2.45, 2.75) is 13.5 Å². The fourth-order valence-electron chi connectivity index (χ4n) is 2.43. The summed E-state index contributed by atoms with van der Waals surface area (Å²) in [6.07, 6.45) is 0. The number of likely N-dealkylation sites (tertiary alicyclic amines) is 1. The van der Waals surface area contributed by atoms with Crippen LogP contribution >= 0.6 is 0 Å². The minimum atomic E-state index is -0.706. The van der Waals surface area contributed by atoms with Crippen LogP contribution in [0.25, 0.3) is 0 Å². The van der Waals surface area contributed by atoms with Gasteiger partial charge in [-0.2, -0.15) is 0 Å². The number of hydrogen-bond acceptors (Lipinski definition) is 4. The van der Waals surface area contributed by atoms with E-state index in [1.165, 1.54) is 17.0 Å². The van der Waals surface area contributed by atoms with E-state index >= 15 is 0 Å². The minimum Gasteiger partial charge on any atom is -0.361 e. The number of nitrogens with zero attached hydrogens (tertiary/aromatic N) is 2. The quantitative estimate of drug-likeness (QED) is 0.922. The Labute approximate surface area is 136 Å². The number of nitrogens with one attached hydrogen (secondary N) is 1. The van der Waals surface area contributed by atoms with E-state index in [2.05, 4.69) is 10.5 Å². The van der Waals surface area contributed by atoms with Gasteiger partial charge in [-0.05, 0) is 13.0 Å². The van der Waals surface area contributed by atoms with Crippen LogP contribution in [0.4, 0.5) is 8.78 Å². The fraction of sp³-hybridized carbons (Fsp3) is 0.312. The van der Waals surface area contributed by atoms with Crippen molar-refractivity contribution in [3.8, 4) is 0 Å². The molecule has 2 heterocycles. The first-order valence-corrected chi connectivity index (χ1v) is 7.38. The zero-order chi connectivity index (χ0) is 17.3. The molecular weight excluding hydrogens is 320 g/mol. The summed E-state index contributed by atoms with van der Waals surface area (Å²) in [5.74, 6) is -1.76. The normalized spacial score (nSPS) is 14.4. The molecule has 1 fully saturated rings. The lowest BCUT2D eigenvalue weighted by Crippen LogP contribution is -2.55. The second kappa shape index (κ2) is 6.38. The molecule has 1 aliphatic heterocycles. The minimum absolute atomic E-state index is 0.0299. The van der Waals surface area contributed by atoms with Crippen molar-refractivity contribution in [1.29, 1.82) is 0 Å². The van der Waals surface area contributed by atoms with Gasteiger partial charge in [-0.1, -0.05) is 11.2 Å². The first-order valence-electron chi connectivity index (χ1n) is 7.38. The van der Waals surface area contributed by atoms with Crippen LogP contribution < -0.4 is 5.32 Å². The Kier molecular flexibility index (Phi) is 4.28. The Balaban J connectivity index is 1.49. The summed E-state index contributed by atoms with van der Waals surface area (Å²) in [6, 6.07) is 4.72. The topological polar surface area (TPSA) is 75.4 Å². The number of halogens is 2. The molecule has 8 heteroatoms. The van der Waals surface area contributed by atoms with Crippen molar-refractivity contribution in [3.63, 3.8) is 0 Å². The predicted octanol–water partition coefficient (Wildman–Crippen LogP) is 1.65. The monoisotopic (exact) mass is 335 g/mol. The molecule has 1 aliphatic rings. The highest BCUT2D eigenvalue weighted by Gasteiger charge is 2.36. The van der Waals surface area contributed by atoms with Crippen molar-refractivity contribution < 1.29 is 22.9 Å². The number of carbonyl (C=O) groups is 2. The summed E-state index contributed by atoms with van der Waals surface area (Å²) >= 11 is 0. The van der Waals surface area contributed by atoms with Crippen LogP contribution in [0.15, 0.2) is 28.8 Å². The molecule has 1 aromatic carbocycles. The van der Waals surface area contributed by atoms with E-state index in [-0.39, 0.29) is 48.6 Å². The SMILES string of the molecule is Cc1cc(C(=O)N2CC(C(=O)NCc3ccc(F)cc3F)C2)no1. The molecule has 2 aromatic rings. The van der Waals surface area contributed by atoms with E-state index in [0.29, 0.717) is 5.76 Å². The largest absolute Gasteiger partial charge is 0.361 e. The Bertz CT molecular complexity index is 785. The van der Waals surface area contributed by atoms with Crippen molar-refractivity contribution >= 4 is 11.8 Å². The molecular formula is C16H15F2N3O3. The highest BCUT2D eigenvalue weighted by atomic mass is 19.1. The van der Waals surface area contributed by atoms with Gasteiger partial charge in [0.25, 0.3) is 5.91 Å². The summed E-state index contributed by atoms with van der Waals surface area (Å²) in [5.41, 5.74) is 0.412. The molecule has 1 saturated heterocycles. The van der Waals surface area contributed by atoms with E-state index in [0.717, 1.165) is 12.1 Å². The number of aromatic nitrogens is 1. The second-order valence-corrected chi connectivity index (χ2v) is 5.68. The van der Waals surface area contributed by atoms with Gasteiger partial charge in [-0.15, -0.1) is 0 Å². The third-order valence-electron chi connectivity index (χ3n) is 3.85. The van der Waals surface area contributed by atoms with Gasteiger partial charge in [0.1, 0.15) is 17.4 Å². The standard InChI is InChI=1S/C16H15F2N3O3/c1-9-4-14(20-24-9)16(23)21-7-11(8-21)15(22)19-6-10-2-3-12(17)5-13(10)18/h2-5,11H,6-8H2,1H3,(H,19,22). The Hall–Kier alpha value is -2.77. The molecule has 6 nitrogen and oxygen atoms in total. The predicted molar refractivity (Wildman–Crippen MR) is 78.8 cm³/mol. The van der Waals surface area contributed by atoms with Crippen LogP contribution in [-0.4, -0.2) is 35.0 Å². The van der Waals surface area contributed by atoms with Crippen molar-refractivity contribution in [1.82, 2.24) is 15.4 Å². The van der Waals surface area contributed by atoms with Gasteiger partial charge in [0.15, 0.2) is 5.69 Å². The average Bonchev–Trinajstić information content (AvgIpc) is 2.91. The first kappa shape index (κ1) is 16.1. The van der Waals surface area contributed by atoms with Crippen LogP contribution in [-0.2, 0) is 11.3 Å². The lowest BCUT2D eigenvalue weighted by molar-refractivity contribution is -0.129. The van der Waals surface area contributed by atoms with Crippen LogP contribution in [0.3, 0.4) is 0 Å². The molecule has 0 spiro atoms. The molecule has 126 valence electrons. The summed E-state index contributed by atoms with van der Waals surface area (Å²) < 4.78 is 31.2. The zero-order valence-corrected chi connectivity index (χ0v) is 12.9. The maximum Gasteiger partial charge on any atom is 0.276 e. The molecule has 0 saturated carbocycles. The molecule has 0 unspecified atom stereocenters. The van der Waals surface area contributed by atoms with Crippen LogP contribution in [0, 0.1) is 24.5 Å². The Morgan fingerprint density at radius 3 is 2.71 bits per heavy atom. The second-order valence-electron chi connectivity index (χ2n) is 5.68. The highest BCUT2D eigenvalue weighted by Crippen LogP contribution is 2.19. The van der Waals surface area contributed by atoms with E-state index in [1.807, 2.05) is 0 Å². The summed E-state index contributed by atoms with van der Waals surface area (Å²) in [6.45, 7) is 2.19. The molecule has 0 bridgehead atoms. The maximum atomic E-state index is 13.5. The van der Waals surface area contributed by atoms with Gasteiger partial charge in [0.05, 0.1) is 5.92 Å². The van der Waals surface area contributed by atoms with Gasteiger partial charge >= 0.3 is 0 Å². The number of amides is 2. The third kappa shape index (κ3) is 3.27. The van der Waals surface area contributed by atoms with Crippen LogP contribution in [0.2, 0.25) is 0 Å². The molecule has 24 heavy (non-hydrogen) atoms. The van der Waals surface area contributed by atoms with Crippen LogP contribution in [0.1, 0.15) is 21.8 Å². The smallest absolute Gasteiger partial charge is 0.276 e. The van der Waals surface area contributed by atoms with Crippen LogP contribution in [0.5, 0.6) is 0 Å². The molecule has 3 rings (SSSR count).